The summed E-state index contributed by atoms with van der Waals surface area (Å²) >= 11 is 0. The second kappa shape index (κ2) is 5.84. The molecule has 0 unspecified atom stereocenters. The van der Waals surface area contributed by atoms with Crippen LogP contribution in [-0.2, 0) is 19.1 Å². The van der Waals surface area contributed by atoms with Gasteiger partial charge in [0.25, 0.3) is 0 Å². The lowest BCUT2D eigenvalue weighted by Gasteiger charge is -2.22. The summed E-state index contributed by atoms with van der Waals surface area (Å²) in [5, 5.41) is 0. The van der Waals surface area contributed by atoms with E-state index in [1.54, 1.807) is 25.8 Å². The maximum absolute atomic E-state index is 11.6. The summed E-state index contributed by atoms with van der Waals surface area (Å²) < 4.78 is 9.90. The Morgan fingerprint density at radius 1 is 1.06 bits per heavy atom. The smallest absolute Gasteiger partial charge is 0.323 e. The highest BCUT2D eigenvalue weighted by Crippen LogP contribution is 2.24. The Labute approximate surface area is 95.7 Å². The molecule has 0 spiro atoms. The van der Waals surface area contributed by atoms with Gasteiger partial charge in [-0.3, -0.25) is 14.5 Å². The first-order valence-corrected chi connectivity index (χ1v) is 5.67. The molecular formula is C11H19NO4. The second-order valence-corrected chi connectivity index (χ2v) is 3.78. The molecule has 5 nitrogen and oxygen atoms in total. The van der Waals surface area contributed by atoms with E-state index in [1.165, 1.54) is 0 Å². The monoisotopic (exact) mass is 229 g/mol. The van der Waals surface area contributed by atoms with Crippen LogP contribution in [0.4, 0.5) is 0 Å². The van der Waals surface area contributed by atoms with Gasteiger partial charge in [0.05, 0.1) is 13.2 Å². The van der Waals surface area contributed by atoms with Crippen molar-refractivity contribution in [3.63, 3.8) is 0 Å². The number of nitrogens with zero attached hydrogens (tertiary/aromatic N) is 1. The van der Waals surface area contributed by atoms with Crippen LogP contribution in [-0.4, -0.2) is 49.2 Å². The number of esters is 2. The number of likely N-dealkylation sites (N-methyl/N-ethyl adjacent to an activating group) is 1. The zero-order chi connectivity index (χ0) is 12.1. The van der Waals surface area contributed by atoms with Crippen molar-refractivity contribution >= 4 is 11.9 Å². The number of hydrogen-bond acceptors (Lipinski definition) is 5. The van der Waals surface area contributed by atoms with Crippen molar-refractivity contribution < 1.29 is 19.1 Å². The van der Waals surface area contributed by atoms with Gasteiger partial charge in [0.1, 0.15) is 12.1 Å². The van der Waals surface area contributed by atoms with Crippen molar-refractivity contribution in [1.29, 1.82) is 0 Å². The zero-order valence-corrected chi connectivity index (χ0v) is 10.1. The lowest BCUT2D eigenvalue weighted by atomic mass is 10.2. The maximum Gasteiger partial charge on any atom is 0.323 e. The molecule has 0 saturated carbocycles. The minimum absolute atomic E-state index is 0.253. The fourth-order valence-electron chi connectivity index (χ4n) is 1.99. The van der Waals surface area contributed by atoms with E-state index in [0.717, 1.165) is 0 Å². The first kappa shape index (κ1) is 13.0. The normalized spacial score (nSPS) is 25.4. The molecule has 0 aromatic heterocycles. The van der Waals surface area contributed by atoms with Gasteiger partial charge in [-0.25, -0.2) is 0 Å². The van der Waals surface area contributed by atoms with E-state index in [9.17, 15) is 9.59 Å². The Balaban J connectivity index is 2.56. The van der Waals surface area contributed by atoms with Crippen molar-refractivity contribution in [2.24, 2.45) is 0 Å². The van der Waals surface area contributed by atoms with Gasteiger partial charge in [0.15, 0.2) is 0 Å². The molecule has 5 heteroatoms. The van der Waals surface area contributed by atoms with Crippen LogP contribution in [0, 0.1) is 0 Å². The predicted molar refractivity (Wildman–Crippen MR) is 57.8 cm³/mol. The molecule has 1 rings (SSSR count). The Bertz CT molecular complexity index is 241. The van der Waals surface area contributed by atoms with E-state index >= 15 is 0 Å². The molecule has 0 amide bonds. The Kier molecular flexibility index (Phi) is 4.73. The van der Waals surface area contributed by atoms with Crippen molar-refractivity contribution in [3.8, 4) is 0 Å². The molecule has 1 heterocycles. The van der Waals surface area contributed by atoms with E-state index < -0.39 is 0 Å². The van der Waals surface area contributed by atoms with E-state index in [0.29, 0.717) is 26.1 Å². The highest BCUT2D eigenvalue weighted by atomic mass is 16.5. The largest absolute Gasteiger partial charge is 0.465 e. The van der Waals surface area contributed by atoms with Crippen molar-refractivity contribution in [2.75, 3.05) is 20.3 Å². The van der Waals surface area contributed by atoms with Crippen LogP contribution in [0.15, 0.2) is 0 Å². The number of carbonyl (C=O) groups is 2. The van der Waals surface area contributed by atoms with Crippen LogP contribution < -0.4 is 0 Å². The van der Waals surface area contributed by atoms with Gasteiger partial charge < -0.3 is 9.47 Å². The van der Waals surface area contributed by atoms with E-state index in [-0.39, 0.29) is 24.0 Å². The van der Waals surface area contributed by atoms with Crippen molar-refractivity contribution in [2.45, 2.75) is 38.8 Å². The highest BCUT2D eigenvalue weighted by Gasteiger charge is 2.40. The Morgan fingerprint density at radius 2 is 1.44 bits per heavy atom. The summed E-state index contributed by atoms with van der Waals surface area (Å²) in [6, 6.07) is -0.622. The third-order valence-electron chi connectivity index (χ3n) is 2.81. The van der Waals surface area contributed by atoms with Gasteiger partial charge >= 0.3 is 11.9 Å². The van der Waals surface area contributed by atoms with Crippen LogP contribution in [0.2, 0.25) is 0 Å². The molecule has 0 aromatic carbocycles. The average molecular weight is 229 g/mol. The van der Waals surface area contributed by atoms with Crippen LogP contribution in [0.1, 0.15) is 26.7 Å². The molecule has 0 aliphatic carbocycles. The topological polar surface area (TPSA) is 55.8 Å². The molecule has 1 fully saturated rings. The SMILES string of the molecule is CCOC(=O)[C@H]1CC[C@H](C(=O)OCC)N1C. The van der Waals surface area contributed by atoms with Crippen LogP contribution in [0.25, 0.3) is 0 Å². The summed E-state index contributed by atoms with van der Waals surface area (Å²) in [7, 11) is 1.76. The van der Waals surface area contributed by atoms with Gasteiger partial charge in [-0.15, -0.1) is 0 Å². The minimum atomic E-state index is -0.311. The third-order valence-corrected chi connectivity index (χ3v) is 2.81. The minimum Gasteiger partial charge on any atom is -0.465 e. The van der Waals surface area contributed by atoms with Gasteiger partial charge in [0, 0.05) is 0 Å². The average Bonchev–Trinajstić information content (AvgIpc) is 2.61. The van der Waals surface area contributed by atoms with Crippen molar-refractivity contribution in [1.82, 2.24) is 4.90 Å². The molecule has 0 bridgehead atoms. The summed E-state index contributed by atoms with van der Waals surface area (Å²) in [5.74, 6) is -0.506. The molecule has 1 aliphatic heterocycles. The summed E-state index contributed by atoms with van der Waals surface area (Å²) in [5.41, 5.74) is 0. The van der Waals surface area contributed by atoms with Crippen molar-refractivity contribution in [3.05, 3.63) is 0 Å². The number of ether oxygens (including phenoxy) is 2. The van der Waals surface area contributed by atoms with Gasteiger partial charge in [0.2, 0.25) is 0 Å². The fraction of sp³-hybridized carbons (Fsp3) is 0.818. The molecule has 0 aromatic rings. The Hall–Kier alpha value is -1.10. The molecule has 1 saturated heterocycles. The molecule has 92 valence electrons. The van der Waals surface area contributed by atoms with Crippen LogP contribution in [0.3, 0.4) is 0 Å². The standard InChI is InChI=1S/C11H19NO4/c1-4-15-10(13)8-6-7-9(12(8)3)11(14)16-5-2/h8-9H,4-7H2,1-3H3/t8-,9-/m1/s1. The second-order valence-electron chi connectivity index (χ2n) is 3.78. The first-order valence-electron chi connectivity index (χ1n) is 5.67. The number of carbonyl (C=O) groups excluding carboxylic acids is 2. The quantitative estimate of drug-likeness (QED) is 0.660. The zero-order valence-electron chi connectivity index (χ0n) is 10.1. The summed E-state index contributed by atoms with van der Waals surface area (Å²) in [6.45, 7) is 4.28. The van der Waals surface area contributed by atoms with Crippen LogP contribution in [0.5, 0.6) is 0 Å². The first-order chi connectivity index (χ1) is 7.61. The summed E-state index contributed by atoms with van der Waals surface area (Å²) in [6.07, 6.45) is 1.30. The van der Waals surface area contributed by atoms with Gasteiger partial charge in [-0.2, -0.15) is 0 Å². The highest BCUT2D eigenvalue weighted by molar-refractivity contribution is 5.81. The summed E-state index contributed by atoms with van der Waals surface area (Å²) in [4.78, 5) is 24.9. The molecular weight excluding hydrogens is 210 g/mol. The Morgan fingerprint density at radius 3 is 1.75 bits per heavy atom. The lowest BCUT2D eigenvalue weighted by molar-refractivity contribution is -0.152. The molecule has 1 aliphatic rings. The molecule has 0 N–H and O–H groups in total. The van der Waals surface area contributed by atoms with Gasteiger partial charge in [-0.1, -0.05) is 0 Å². The molecule has 0 radical (unpaired) electrons. The molecule has 2 atom stereocenters. The van der Waals surface area contributed by atoms with Gasteiger partial charge in [-0.05, 0) is 33.7 Å². The lowest BCUT2D eigenvalue weighted by Crippen LogP contribution is -2.42. The third kappa shape index (κ3) is 2.72. The number of likely N-dealkylation sites (tertiary alicyclic amines) is 1. The number of rotatable bonds is 4. The maximum atomic E-state index is 11.6. The van der Waals surface area contributed by atoms with E-state index in [4.69, 9.17) is 9.47 Å². The van der Waals surface area contributed by atoms with E-state index in [2.05, 4.69) is 0 Å². The molecule has 16 heavy (non-hydrogen) atoms. The van der Waals surface area contributed by atoms with E-state index in [1.807, 2.05) is 0 Å². The predicted octanol–water partition coefficient (Wildman–Crippen LogP) is 0.575. The fourth-order valence-corrected chi connectivity index (χ4v) is 1.99. The number of hydrogen-bond donors (Lipinski definition) is 0. The van der Waals surface area contributed by atoms with Crippen LogP contribution >= 0.6 is 0 Å².